The Morgan fingerprint density at radius 1 is 1.33 bits per heavy atom. The van der Waals surface area contributed by atoms with E-state index in [1.165, 1.54) is 0 Å². The smallest absolute Gasteiger partial charge is 0.223 e. The summed E-state index contributed by atoms with van der Waals surface area (Å²) in [5.41, 5.74) is 6.60. The van der Waals surface area contributed by atoms with Crippen LogP contribution in [0.1, 0.15) is 32.8 Å². The first-order valence-electron chi connectivity index (χ1n) is 7.91. The molecule has 0 bridgehead atoms. The molecule has 2 aromatic heterocycles. The van der Waals surface area contributed by atoms with Crippen molar-refractivity contribution in [2.75, 3.05) is 6.26 Å². The Kier molecular flexibility index (Phi) is 4.57. The average Bonchev–Trinajstić information content (AvgIpc) is 2.48. The number of rotatable bonds is 4. The summed E-state index contributed by atoms with van der Waals surface area (Å²) in [5.74, 6) is 0.762. The average molecular weight is 368 g/mol. The molecular weight excluding hydrogens is 346 g/mol. The molecule has 1 aliphatic carbocycles. The van der Waals surface area contributed by atoms with Gasteiger partial charge in [0, 0.05) is 46.2 Å². The Hall–Kier alpha value is -1.24. The van der Waals surface area contributed by atoms with Gasteiger partial charge in [0.1, 0.15) is 11.3 Å². The number of fused-ring (bicyclic) bond motifs is 1. The second-order valence-corrected chi connectivity index (χ2v) is 9.03. The Morgan fingerprint density at radius 3 is 2.62 bits per heavy atom. The van der Waals surface area contributed by atoms with Gasteiger partial charge in [0.2, 0.25) is 5.88 Å². The van der Waals surface area contributed by atoms with E-state index in [0.717, 1.165) is 22.8 Å². The van der Waals surface area contributed by atoms with Gasteiger partial charge in [-0.15, -0.1) is 0 Å². The fraction of sp³-hybridized carbons (Fsp3) is 0.529. The zero-order valence-corrected chi connectivity index (χ0v) is 15.8. The van der Waals surface area contributed by atoms with Crippen LogP contribution in [0.2, 0.25) is 5.15 Å². The molecule has 0 saturated heterocycles. The molecule has 7 heteroatoms. The Bertz CT molecular complexity index is 806. The standard InChI is InChI=1S/C17H22ClN3O2S/c1-9-13(6-14(9)24(4)22)23-16-11-7-20-15(18)5-10(11)12(8-21-16)17(2,3)19/h5,7-9,13-14H,6,19H2,1-4H3/t9?,13-,14+,24?/m1/s1. The number of nitrogens with two attached hydrogens (primary N) is 1. The molecule has 0 amide bonds. The maximum Gasteiger partial charge on any atom is 0.223 e. The molecule has 0 radical (unpaired) electrons. The molecule has 5 nitrogen and oxygen atoms in total. The van der Waals surface area contributed by atoms with Crippen molar-refractivity contribution in [2.45, 2.75) is 44.1 Å². The summed E-state index contributed by atoms with van der Waals surface area (Å²) >= 11 is 6.07. The molecule has 0 aromatic carbocycles. The van der Waals surface area contributed by atoms with Crippen molar-refractivity contribution in [3.8, 4) is 5.88 Å². The van der Waals surface area contributed by atoms with Crippen LogP contribution in [-0.2, 0) is 16.3 Å². The number of aromatic nitrogens is 2. The zero-order valence-electron chi connectivity index (χ0n) is 14.2. The molecule has 130 valence electrons. The molecule has 2 N–H and O–H groups in total. The van der Waals surface area contributed by atoms with E-state index in [4.69, 9.17) is 22.1 Å². The highest BCUT2D eigenvalue weighted by Gasteiger charge is 2.42. The monoisotopic (exact) mass is 367 g/mol. The quantitative estimate of drug-likeness (QED) is 0.840. The van der Waals surface area contributed by atoms with Gasteiger partial charge in [-0.1, -0.05) is 18.5 Å². The van der Waals surface area contributed by atoms with Crippen LogP contribution in [0, 0.1) is 5.92 Å². The van der Waals surface area contributed by atoms with Crippen molar-refractivity contribution in [3.63, 3.8) is 0 Å². The molecule has 2 heterocycles. The minimum atomic E-state index is -0.825. The van der Waals surface area contributed by atoms with E-state index < -0.39 is 16.3 Å². The van der Waals surface area contributed by atoms with E-state index >= 15 is 0 Å². The molecule has 1 saturated carbocycles. The molecule has 4 atom stereocenters. The van der Waals surface area contributed by atoms with Gasteiger partial charge < -0.3 is 10.5 Å². The van der Waals surface area contributed by atoms with E-state index in [-0.39, 0.29) is 17.3 Å². The van der Waals surface area contributed by atoms with E-state index in [1.54, 1.807) is 24.7 Å². The number of hydrogen-bond acceptors (Lipinski definition) is 5. The highest BCUT2D eigenvalue weighted by Crippen LogP contribution is 2.38. The summed E-state index contributed by atoms with van der Waals surface area (Å²) < 4.78 is 17.7. The van der Waals surface area contributed by atoms with Gasteiger partial charge >= 0.3 is 0 Å². The minimum absolute atomic E-state index is 0.0158. The van der Waals surface area contributed by atoms with Gasteiger partial charge in [0.25, 0.3) is 0 Å². The third kappa shape index (κ3) is 3.15. The molecule has 0 spiro atoms. The maximum atomic E-state index is 11.6. The molecule has 0 aliphatic heterocycles. The van der Waals surface area contributed by atoms with E-state index in [0.29, 0.717) is 11.0 Å². The molecule has 24 heavy (non-hydrogen) atoms. The van der Waals surface area contributed by atoms with E-state index in [9.17, 15) is 4.21 Å². The lowest BCUT2D eigenvalue weighted by Crippen LogP contribution is -2.49. The first kappa shape index (κ1) is 17.6. The number of nitrogens with zero attached hydrogens (tertiary/aromatic N) is 2. The van der Waals surface area contributed by atoms with Crippen molar-refractivity contribution >= 4 is 33.2 Å². The molecule has 2 aromatic rings. The number of halogens is 1. The Balaban J connectivity index is 1.97. The van der Waals surface area contributed by atoms with Gasteiger partial charge in [-0.2, -0.15) is 0 Å². The van der Waals surface area contributed by atoms with Gasteiger partial charge in [0.05, 0.1) is 5.39 Å². The van der Waals surface area contributed by atoms with Crippen LogP contribution in [0.25, 0.3) is 10.8 Å². The lowest BCUT2D eigenvalue weighted by Gasteiger charge is -2.40. The van der Waals surface area contributed by atoms with E-state index in [2.05, 4.69) is 16.9 Å². The summed E-state index contributed by atoms with van der Waals surface area (Å²) in [6.45, 7) is 5.91. The van der Waals surface area contributed by atoms with Gasteiger partial charge in [-0.25, -0.2) is 9.97 Å². The summed E-state index contributed by atoms with van der Waals surface area (Å²) in [6.07, 6.45) is 5.95. The lowest BCUT2D eigenvalue weighted by molar-refractivity contribution is 0.0606. The minimum Gasteiger partial charge on any atom is -0.473 e. The fourth-order valence-electron chi connectivity index (χ4n) is 3.13. The van der Waals surface area contributed by atoms with Gasteiger partial charge in [-0.05, 0) is 37.3 Å². The summed E-state index contributed by atoms with van der Waals surface area (Å²) in [6, 6.07) is 1.80. The Labute approximate surface area is 149 Å². The van der Waals surface area contributed by atoms with Crippen molar-refractivity contribution in [3.05, 3.63) is 29.2 Å². The normalized spacial score (nSPS) is 25.3. The number of hydrogen-bond donors (Lipinski definition) is 1. The zero-order chi connectivity index (χ0) is 17.6. The number of ether oxygens (including phenoxy) is 1. The Morgan fingerprint density at radius 2 is 2.04 bits per heavy atom. The summed E-state index contributed by atoms with van der Waals surface area (Å²) in [5, 5.41) is 2.29. The second kappa shape index (κ2) is 6.24. The number of pyridine rings is 2. The molecule has 1 aliphatic rings. The van der Waals surface area contributed by atoms with Crippen LogP contribution in [0.4, 0.5) is 0 Å². The maximum absolute atomic E-state index is 11.6. The predicted molar refractivity (Wildman–Crippen MR) is 97.8 cm³/mol. The highest BCUT2D eigenvalue weighted by atomic mass is 35.5. The predicted octanol–water partition coefficient (Wildman–Crippen LogP) is 3.01. The van der Waals surface area contributed by atoms with Crippen LogP contribution in [0.5, 0.6) is 5.88 Å². The molecular formula is C17H22ClN3O2S. The van der Waals surface area contributed by atoms with Crippen molar-refractivity contribution in [1.29, 1.82) is 0 Å². The summed E-state index contributed by atoms with van der Waals surface area (Å²) in [7, 11) is -0.825. The lowest BCUT2D eigenvalue weighted by atomic mass is 9.82. The molecule has 2 unspecified atom stereocenters. The van der Waals surface area contributed by atoms with Crippen LogP contribution in [-0.4, -0.2) is 31.8 Å². The first-order valence-corrected chi connectivity index (χ1v) is 9.91. The highest BCUT2D eigenvalue weighted by molar-refractivity contribution is 7.85. The third-order valence-corrected chi connectivity index (χ3v) is 6.40. The molecule has 3 rings (SSSR count). The van der Waals surface area contributed by atoms with E-state index in [1.807, 2.05) is 13.8 Å². The molecule has 1 fully saturated rings. The SMILES string of the molecule is CC1[C@H](Oc2ncc(C(C)(C)N)c3cc(Cl)ncc23)C[C@@H]1S(C)=O. The van der Waals surface area contributed by atoms with Crippen LogP contribution in [0.3, 0.4) is 0 Å². The first-order chi connectivity index (χ1) is 11.2. The second-order valence-electron chi connectivity index (χ2n) is 7.04. The van der Waals surface area contributed by atoms with Crippen LogP contribution < -0.4 is 10.5 Å². The summed E-state index contributed by atoms with van der Waals surface area (Å²) in [4.78, 5) is 8.63. The van der Waals surface area contributed by atoms with Crippen molar-refractivity contribution in [1.82, 2.24) is 9.97 Å². The van der Waals surface area contributed by atoms with Gasteiger partial charge in [0.15, 0.2) is 0 Å². The largest absolute Gasteiger partial charge is 0.473 e. The van der Waals surface area contributed by atoms with Crippen molar-refractivity contribution in [2.24, 2.45) is 11.7 Å². The van der Waals surface area contributed by atoms with Crippen LogP contribution in [0.15, 0.2) is 18.5 Å². The topological polar surface area (TPSA) is 78.1 Å². The van der Waals surface area contributed by atoms with Gasteiger partial charge in [-0.3, -0.25) is 4.21 Å². The van der Waals surface area contributed by atoms with Crippen LogP contribution >= 0.6 is 11.6 Å². The van der Waals surface area contributed by atoms with Crippen molar-refractivity contribution < 1.29 is 8.95 Å². The fourth-order valence-corrected chi connectivity index (χ4v) is 4.53. The third-order valence-electron chi connectivity index (χ3n) is 4.72.